The molecule has 2 N–H and O–H groups in total. The van der Waals surface area contributed by atoms with Gasteiger partial charge in [-0.05, 0) is 26.0 Å². The summed E-state index contributed by atoms with van der Waals surface area (Å²) in [6, 6.07) is 7.56. The highest BCUT2D eigenvalue weighted by molar-refractivity contribution is 5.79. The molecule has 0 spiro atoms. The highest BCUT2D eigenvalue weighted by atomic mass is 16.5. The zero-order valence-electron chi connectivity index (χ0n) is 15.2. The largest absolute Gasteiger partial charge is 0.497 e. The number of rotatable bonds is 8. The van der Waals surface area contributed by atoms with Crippen molar-refractivity contribution in [3.63, 3.8) is 0 Å². The van der Waals surface area contributed by atoms with Crippen LogP contribution in [-0.2, 0) is 13.6 Å². The molecule has 0 saturated carbocycles. The highest BCUT2D eigenvalue weighted by Crippen LogP contribution is 2.19. The van der Waals surface area contributed by atoms with Crippen LogP contribution in [0.5, 0.6) is 11.5 Å². The van der Waals surface area contributed by atoms with Crippen molar-refractivity contribution >= 4 is 5.96 Å². The van der Waals surface area contributed by atoms with Gasteiger partial charge in [0, 0.05) is 19.7 Å². The van der Waals surface area contributed by atoms with Crippen LogP contribution < -0.4 is 20.1 Å². The number of aryl methyl sites for hydroxylation is 1. The lowest BCUT2D eigenvalue weighted by Crippen LogP contribution is -2.41. The summed E-state index contributed by atoms with van der Waals surface area (Å²) in [4.78, 5) is 4.52. The zero-order chi connectivity index (χ0) is 18.1. The van der Waals surface area contributed by atoms with Crippen LogP contribution in [-0.4, -0.2) is 47.0 Å². The SMILES string of the molecule is CCNC(=NCc1nncn1C)NCC(C)Oc1cccc(OC)c1. The lowest BCUT2D eigenvalue weighted by molar-refractivity contribution is 0.223. The van der Waals surface area contributed by atoms with Crippen LogP contribution in [0.1, 0.15) is 19.7 Å². The topological polar surface area (TPSA) is 85.6 Å². The summed E-state index contributed by atoms with van der Waals surface area (Å²) in [5.74, 6) is 3.07. The molecule has 0 radical (unpaired) electrons. The summed E-state index contributed by atoms with van der Waals surface area (Å²) in [6.45, 7) is 5.86. The molecule has 0 aliphatic carbocycles. The summed E-state index contributed by atoms with van der Waals surface area (Å²) in [5, 5.41) is 14.4. The molecule has 136 valence electrons. The number of ether oxygens (including phenoxy) is 2. The second-order valence-electron chi connectivity index (χ2n) is 5.54. The number of guanidine groups is 1. The van der Waals surface area contributed by atoms with Crippen molar-refractivity contribution in [1.82, 2.24) is 25.4 Å². The zero-order valence-corrected chi connectivity index (χ0v) is 15.2. The van der Waals surface area contributed by atoms with E-state index in [9.17, 15) is 0 Å². The van der Waals surface area contributed by atoms with Gasteiger partial charge in [0.15, 0.2) is 11.8 Å². The average Bonchev–Trinajstić information content (AvgIpc) is 3.02. The standard InChI is InChI=1S/C17H26N6O2/c1-5-18-17(20-11-16-22-21-12-23(16)3)19-10-13(2)25-15-8-6-7-14(9-15)24-4/h6-9,12-13H,5,10-11H2,1-4H3,(H2,18,19,20). The number of aromatic nitrogens is 3. The molecule has 8 nitrogen and oxygen atoms in total. The van der Waals surface area contributed by atoms with E-state index < -0.39 is 0 Å². The maximum atomic E-state index is 5.90. The van der Waals surface area contributed by atoms with Gasteiger partial charge in [-0.3, -0.25) is 0 Å². The summed E-state index contributed by atoms with van der Waals surface area (Å²) >= 11 is 0. The Morgan fingerprint density at radius 3 is 2.80 bits per heavy atom. The van der Waals surface area contributed by atoms with Gasteiger partial charge in [0.2, 0.25) is 0 Å². The number of benzene rings is 1. The smallest absolute Gasteiger partial charge is 0.191 e. The number of hydrogen-bond donors (Lipinski definition) is 2. The van der Waals surface area contributed by atoms with Crippen LogP contribution in [0.4, 0.5) is 0 Å². The minimum atomic E-state index is -0.0363. The second-order valence-corrected chi connectivity index (χ2v) is 5.54. The summed E-state index contributed by atoms with van der Waals surface area (Å²) in [5.41, 5.74) is 0. The van der Waals surface area contributed by atoms with Gasteiger partial charge in [-0.25, -0.2) is 4.99 Å². The molecule has 1 unspecified atom stereocenters. The molecule has 1 aromatic heterocycles. The van der Waals surface area contributed by atoms with Crippen molar-refractivity contribution in [2.24, 2.45) is 12.0 Å². The fourth-order valence-electron chi connectivity index (χ4n) is 2.13. The van der Waals surface area contributed by atoms with Crippen molar-refractivity contribution in [3.8, 4) is 11.5 Å². The Balaban J connectivity index is 1.87. The van der Waals surface area contributed by atoms with Crippen LogP contribution in [0, 0.1) is 0 Å². The van der Waals surface area contributed by atoms with E-state index in [0.717, 1.165) is 23.9 Å². The molecule has 1 atom stereocenters. The van der Waals surface area contributed by atoms with Gasteiger partial charge in [-0.2, -0.15) is 0 Å². The molecule has 1 heterocycles. The average molecular weight is 346 g/mol. The quantitative estimate of drug-likeness (QED) is 0.554. The molecule has 1 aromatic carbocycles. The van der Waals surface area contributed by atoms with Crippen LogP contribution in [0.25, 0.3) is 0 Å². The summed E-state index contributed by atoms with van der Waals surface area (Å²) in [7, 11) is 3.54. The van der Waals surface area contributed by atoms with Gasteiger partial charge in [0.25, 0.3) is 0 Å². The third-order valence-corrected chi connectivity index (χ3v) is 3.46. The third-order valence-electron chi connectivity index (χ3n) is 3.46. The number of aliphatic imine (C=N–C) groups is 1. The summed E-state index contributed by atoms with van der Waals surface area (Å²) in [6.07, 6.45) is 1.63. The molecule has 2 rings (SSSR count). The van der Waals surface area contributed by atoms with Gasteiger partial charge < -0.3 is 24.7 Å². The number of nitrogens with zero attached hydrogens (tertiary/aromatic N) is 4. The first kappa shape index (κ1) is 18.6. The predicted octanol–water partition coefficient (Wildman–Crippen LogP) is 1.35. The minimum Gasteiger partial charge on any atom is -0.497 e. The van der Waals surface area contributed by atoms with Gasteiger partial charge in [0.05, 0.1) is 13.7 Å². The van der Waals surface area contributed by atoms with E-state index in [1.807, 2.05) is 49.7 Å². The van der Waals surface area contributed by atoms with Crippen molar-refractivity contribution in [1.29, 1.82) is 0 Å². The van der Waals surface area contributed by atoms with E-state index >= 15 is 0 Å². The molecule has 2 aromatic rings. The Kier molecular flexibility index (Phi) is 7.06. The van der Waals surface area contributed by atoms with E-state index in [1.165, 1.54) is 0 Å². The molecule has 0 saturated heterocycles. The van der Waals surface area contributed by atoms with E-state index in [-0.39, 0.29) is 6.10 Å². The maximum Gasteiger partial charge on any atom is 0.191 e. The Labute approximate surface area is 148 Å². The van der Waals surface area contributed by atoms with Crippen molar-refractivity contribution in [3.05, 3.63) is 36.4 Å². The number of methoxy groups -OCH3 is 1. The Morgan fingerprint density at radius 1 is 1.32 bits per heavy atom. The first-order valence-corrected chi connectivity index (χ1v) is 8.28. The van der Waals surface area contributed by atoms with Gasteiger partial charge in [0.1, 0.15) is 30.5 Å². The molecule has 0 aliphatic heterocycles. The molecule has 0 fully saturated rings. The molecule has 0 bridgehead atoms. The van der Waals surface area contributed by atoms with Crippen molar-refractivity contribution < 1.29 is 9.47 Å². The molecule has 0 amide bonds. The van der Waals surface area contributed by atoms with Crippen molar-refractivity contribution in [2.75, 3.05) is 20.2 Å². The normalized spacial score (nSPS) is 12.6. The molecular weight excluding hydrogens is 320 g/mol. The predicted molar refractivity (Wildman–Crippen MR) is 96.9 cm³/mol. The first-order chi connectivity index (χ1) is 12.1. The highest BCUT2D eigenvalue weighted by Gasteiger charge is 2.07. The monoisotopic (exact) mass is 346 g/mol. The second kappa shape index (κ2) is 9.51. The number of nitrogens with one attached hydrogen (secondary N) is 2. The fourth-order valence-corrected chi connectivity index (χ4v) is 2.13. The van der Waals surface area contributed by atoms with Crippen molar-refractivity contribution in [2.45, 2.75) is 26.5 Å². The summed E-state index contributed by atoms with van der Waals surface area (Å²) < 4.78 is 13.0. The van der Waals surface area contributed by atoms with E-state index in [0.29, 0.717) is 19.0 Å². The first-order valence-electron chi connectivity index (χ1n) is 8.28. The van der Waals surface area contributed by atoms with Gasteiger partial charge in [-0.1, -0.05) is 6.07 Å². The Hall–Kier alpha value is -2.77. The molecule has 0 aliphatic rings. The number of hydrogen-bond acceptors (Lipinski definition) is 5. The van der Waals surface area contributed by atoms with Crippen LogP contribution in [0.2, 0.25) is 0 Å². The van der Waals surface area contributed by atoms with E-state index in [4.69, 9.17) is 9.47 Å². The molecule has 25 heavy (non-hydrogen) atoms. The van der Waals surface area contributed by atoms with Crippen LogP contribution >= 0.6 is 0 Å². The van der Waals surface area contributed by atoms with Crippen LogP contribution in [0.15, 0.2) is 35.6 Å². The minimum absolute atomic E-state index is 0.0363. The molecular formula is C17H26N6O2. The van der Waals surface area contributed by atoms with Gasteiger partial charge in [-0.15, -0.1) is 10.2 Å². The van der Waals surface area contributed by atoms with E-state index in [2.05, 4.69) is 25.8 Å². The van der Waals surface area contributed by atoms with Crippen LogP contribution in [0.3, 0.4) is 0 Å². The van der Waals surface area contributed by atoms with Gasteiger partial charge >= 0.3 is 0 Å². The van der Waals surface area contributed by atoms with E-state index in [1.54, 1.807) is 13.4 Å². The fraction of sp³-hybridized carbons (Fsp3) is 0.471. The third kappa shape index (κ3) is 5.98. The molecule has 8 heteroatoms. The Bertz CT molecular complexity index is 685. The maximum absolute atomic E-state index is 5.90. The lowest BCUT2D eigenvalue weighted by atomic mass is 10.3. The lowest BCUT2D eigenvalue weighted by Gasteiger charge is -2.18. The Morgan fingerprint density at radius 2 is 2.12 bits per heavy atom.